The fraction of sp³-hybridized carbons (Fsp3) is 0.471. The lowest BCUT2D eigenvalue weighted by atomic mass is 9.82. The van der Waals surface area contributed by atoms with E-state index in [1.165, 1.54) is 0 Å². The van der Waals surface area contributed by atoms with E-state index in [9.17, 15) is 0 Å². The molecule has 0 spiro atoms. The fourth-order valence-corrected chi connectivity index (χ4v) is 2.63. The van der Waals surface area contributed by atoms with E-state index in [-0.39, 0.29) is 5.41 Å². The molecule has 4 heteroatoms. The molecule has 3 N–H and O–H groups in total. The maximum atomic E-state index is 5.97. The summed E-state index contributed by atoms with van der Waals surface area (Å²) in [6, 6.07) is 8.00. The lowest BCUT2D eigenvalue weighted by molar-refractivity contribution is 0.294. The fourth-order valence-electron chi connectivity index (χ4n) is 2.63. The first-order chi connectivity index (χ1) is 10.2. The van der Waals surface area contributed by atoms with Crippen LogP contribution in [0, 0.1) is 5.41 Å². The van der Waals surface area contributed by atoms with Gasteiger partial charge in [0.2, 0.25) is 0 Å². The van der Waals surface area contributed by atoms with Gasteiger partial charge < -0.3 is 15.8 Å². The van der Waals surface area contributed by atoms with Crippen molar-refractivity contribution >= 4 is 16.6 Å². The molecule has 1 aromatic heterocycles. The van der Waals surface area contributed by atoms with Crippen molar-refractivity contribution < 1.29 is 4.74 Å². The Balaban J connectivity index is 2.31. The van der Waals surface area contributed by atoms with Crippen LogP contribution in [0.5, 0.6) is 5.75 Å². The van der Waals surface area contributed by atoms with Gasteiger partial charge in [-0.2, -0.15) is 0 Å². The van der Waals surface area contributed by atoms with Crippen LogP contribution in [0.2, 0.25) is 0 Å². The van der Waals surface area contributed by atoms with Crippen molar-refractivity contribution in [1.82, 2.24) is 4.98 Å². The molecule has 0 amide bonds. The molecule has 0 unspecified atom stereocenters. The molecule has 114 valence electrons. The van der Waals surface area contributed by atoms with Gasteiger partial charge in [-0.25, -0.2) is 4.98 Å². The number of nitrogens with zero attached hydrogens (tertiary/aromatic N) is 1. The van der Waals surface area contributed by atoms with Gasteiger partial charge in [-0.3, -0.25) is 0 Å². The maximum absolute atomic E-state index is 5.97. The zero-order valence-electron chi connectivity index (χ0n) is 13.1. The highest BCUT2D eigenvalue weighted by atomic mass is 16.5. The Hall–Kier alpha value is -1.81. The highest BCUT2D eigenvalue weighted by Crippen LogP contribution is 2.31. The van der Waals surface area contributed by atoms with Crippen molar-refractivity contribution in [2.75, 3.05) is 25.5 Å². The van der Waals surface area contributed by atoms with Gasteiger partial charge in [0.25, 0.3) is 0 Å². The van der Waals surface area contributed by atoms with Gasteiger partial charge in [-0.15, -0.1) is 0 Å². The molecule has 1 heterocycles. The molecule has 2 aromatic rings. The number of benzene rings is 1. The summed E-state index contributed by atoms with van der Waals surface area (Å²) < 4.78 is 5.42. The monoisotopic (exact) mass is 287 g/mol. The Morgan fingerprint density at radius 3 is 2.57 bits per heavy atom. The van der Waals surface area contributed by atoms with E-state index in [0.717, 1.165) is 41.7 Å². The second-order valence-electron chi connectivity index (χ2n) is 5.48. The number of aromatic nitrogens is 1. The topological polar surface area (TPSA) is 60.2 Å². The molecule has 4 nitrogen and oxygen atoms in total. The summed E-state index contributed by atoms with van der Waals surface area (Å²) in [5.74, 6) is 1.76. The molecule has 0 fully saturated rings. The summed E-state index contributed by atoms with van der Waals surface area (Å²) in [5.41, 5.74) is 6.10. The molecule has 0 radical (unpaired) electrons. The number of rotatable bonds is 7. The largest absolute Gasteiger partial charge is 0.496 e. The van der Waals surface area contributed by atoms with Crippen LogP contribution in [0.3, 0.4) is 0 Å². The minimum atomic E-state index is 0.128. The van der Waals surface area contributed by atoms with E-state index in [4.69, 9.17) is 10.5 Å². The average molecular weight is 287 g/mol. The van der Waals surface area contributed by atoms with Crippen LogP contribution >= 0.6 is 0 Å². The number of pyridine rings is 1. The summed E-state index contributed by atoms with van der Waals surface area (Å²) in [4.78, 5) is 4.48. The standard InChI is InChI=1S/C17H25N3O/c1-4-17(5-2,11-18)12-20-16-14-7-6-8-15(21-3)13(14)9-10-19-16/h6-10H,4-5,11-12,18H2,1-3H3,(H,19,20). The van der Waals surface area contributed by atoms with Crippen LogP contribution in [0.15, 0.2) is 30.5 Å². The summed E-state index contributed by atoms with van der Waals surface area (Å²) in [6.45, 7) is 5.90. The summed E-state index contributed by atoms with van der Waals surface area (Å²) in [5, 5.41) is 5.64. The second-order valence-corrected chi connectivity index (χ2v) is 5.48. The average Bonchev–Trinajstić information content (AvgIpc) is 2.56. The molecule has 1 aromatic carbocycles. The molecule has 0 atom stereocenters. The van der Waals surface area contributed by atoms with Crippen molar-refractivity contribution in [3.63, 3.8) is 0 Å². The third-order valence-corrected chi connectivity index (χ3v) is 4.55. The quantitative estimate of drug-likeness (QED) is 0.819. The molecule has 0 aliphatic heterocycles. The van der Waals surface area contributed by atoms with E-state index < -0.39 is 0 Å². The third-order valence-electron chi connectivity index (χ3n) is 4.55. The number of ether oxygens (including phenoxy) is 1. The number of hydrogen-bond acceptors (Lipinski definition) is 4. The number of hydrogen-bond donors (Lipinski definition) is 2. The van der Waals surface area contributed by atoms with Gasteiger partial charge in [0, 0.05) is 23.5 Å². The van der Waals surface area contributed by atoms with Crippen molar-refractivity contribution in [1.29, 1.82) is 0 Å². The normalized spacial score (nSPS) is 11.6. The van der Waals surface area contributed by atoms with Crippen LogP contribution in [-0.2, 0) is 0 Å². The van der Waals surface area contributed by atoms with Gasteiger partial charge in [0.1, 0.15) is 11.6 Å². The first-order valence-corrected chi connectivity index (χ1v) is 7.55. The van der Waals surface area contributed by atoms with Crippen molar-refractivity contribution in [2.45, 2.75) is 26.7 Å². The molecule has 2 rings (SSSR count). The van der Waals surface area contributed by atoms with Gasteiger partial charge in [0.05, 0.1) is 7.11 Å². The number of nitrogens with two attached hydrogens (primary N) is 1. The van der Waals surface area contributed by atoms with Gasteiger partial charge in [0.15, 0.2) is 0 Å². The summed E-state index contributed by atoms with van der Waals surface area (Å²) >= 11 is 0. The molecule has 0 aliphatic carbocycles. The van der Waals surface area contributed by atoms with Crippen molar-refractivity contribution in [3.05, 3.63) is 30.5 Å². The van der Waals surface area contributed by atoms with Crippen LogP contribution in [-0.4, -0.2) is 25.2 Å². The van der Waals surface area contributed by atoms with E-state index in [1.54, 1.807) is 7.11 Å². The lowest BCUT2D eigenvalue weighted by Gasteiger charge is -2.30. The summed E-state index contributed by atoms with van der Waals surface area (Å²) in [7, 11) is 1.69. The molecule has 0 saturated carbocycles. The zero-order chi connectivity index (χ0) is 15.3. The molecule has 21 heavy (non-hydrogen) atoms. The Morgan fingerprint density at radius 2 is 1.95 bits per heavy atom. The van der Waals surface area contributed by atoms with Crippen LogP contribution in [0.4, 0.5) is 5.82 Å². The molecular weight excluding hydrogens is 262 g/mol. The van der Waals surface area contributed by atoms with E-state index in [1.807, 2.05) is 24.4 Å². The predicted octanol–water partition coefficient (Wildman–Crippen LogP) is 3.42. The maximum Gasteiger partial charge on any atom is 0.133 e. The second kappa shape index (κ2) is 6.76. The highest BCUT2D eigenvalue weighted by molar-refractivity contribution is 5.95. The van der Waals surface area contributed by atoms with E-state index in [0.29, 0.717) is 6.54 Å². The number of methoxy groups -OCH3 is 1. The first kappa shape index (κ1) is 15.6. The zero-order valence-corrected chi connectivity index (χ0v) is 13.1. The minimum absolute atomic E-state index is 0.128. The summed E-state index contributed by atoms with van der Waals surface area (Å²) in [6.07, 6.45) is 3.93. The lowest BCUT2D eigenvalue weighted by Crippen LogP contribution is -2.36. The van der Waals surface area contributed by atoms with Gasteiger partial charge in [-0.05, 0) is 36.9 Å². The minimum Gasteiger partial charge on any atom is -0.496 e. The van der Waals surface area contributed by atoms with Crippen LogP contribution in [0.1, 0.15) is 26.7 Å². The Morgan fingerprint density at radius 1 is 1.19 bits per heavy atom. The van der Waals surface area contributed by atoms with E-state index >= 15 is 0 Å². The first-order valence-electron chi connectivity index (χ1n) is 7.55. The van der Waals surface area contributed by atoms with Crippen molar-refractivity contribution in [3.8, 4) is 5.75 Å². The molecule has 0 aliphatic rings. The van der Waals surface area contributed by atoms with Gasteiger partial charge >= 0.3 is 0 Å². The SMILES string of the molecule is CCC(CC)(CN)CNc1nccc2c(OC)cccc12. The van der Waals surface area contributed by atoms with E-state index in [2.05, 4.69) is 30.2 Å². The predicted molar refractivity (Wildman–Crippen MR) is 88.9 cm³/mol. The number of fused-ring (bicyclic) bond motifs is 1. The third kappa shape index (κ3) is 3.10. The molecule has 0 bridgehead atoms. The van der Waals surface area contributed by atoms with Crippen molar-refractivity contribution in [2.24, 2.45) is 11.1 Å². The van der Waals surface area contributed by atoms with Crippen LogP contribution < -0.4 is 15.8 Å². The van der Waals surface area contributed by atoms with Crippen LogP contribution in [0.25, 0.3) is 10.8 Å². The smallest absolute Gasteiger partial charge is 0.133 e. The Bertz CT molecular complexity index is 585. The number of nitrogens with one attached hydrogen (secondary N) is 1. The molecule has 0 saturated heterocycles. The highest BCUT2D eigenvalue weighted by Gasteiger charge is 2.24. The Kier molecular flexibility index (Phi) is 5.02. The Labute approximate surface area is 126 Å². The molecular formula is C17H25N3O. The van der Waals surface area contributed by atoms with Gasteiger partial charge in [-0.1, -0.05) is 26.0 Å². The number of anilines is 1.